The number of carbonyl (C=O) groups excluding carboxylic acids is 1. The van der Waals surface area contributed by atoms with Gasteiger partial charge in [-0.15, -0.1) is 0 Å². The van der Waals surface area contributed by atoms with Gasteiger partial charge >= 0.3 is 0 Å². The molecule has 2 aromatic rings. The van der Waals surface area contributed by atoms with Crippen LogP contribution in [-0.4, -0.2) is 59.5 Å². The summed E-state index contributed by atoms with van der Waals surface area (Å²) in [4.78, 5) is 15.0. The Morgan fingerprint density at radius 1 is 0.903 bits per heavy atom. The summed E-state index contributed by atoms with van der Waals surface area (Å²) < 4.78 is 29.2. The molecule has 1 aliphatic rings. The number of benzene rings is 1. The van der Waals surface area contributed by atoms with Crippen molar-refractivity contribution < 1.29 is 13.2 Å². The van der Waals surface area contributed by atoms with E-state index in [1.165, 1.54) is 4.31 Å². The highest BCUT2D eigenvalue weighted by atomic mass is 32.2. The minimum absolute atomic E-state index is 0.0348. The average Bonchev–Trinajstić information content (AvgIpc) is 3.09. The number of piperazine rings is 1. The molecule has 2 heterocycles. The maximum absolute atomic E-state index is 13.1. The second kappa shape index (κ2) is 8.06. The van der Waals surface area contributed by atoms with Gasteiger partial charge in [0, 0.05) is 38.6 Å². The molecule has 1 amide bonds. The van der Waals surface area contributed by atoms with Gasteiger partial charge in [0.15, 0.2) is 0 Å². The first-order chi connectivity index (χ1) is 14.2. The van der Waals surface area contributed by atoms with Crippen LogP contribution < -0.4 is 0 Å². The van der Waals surface area contributed by atoms with Crippen molar-refractivity contribution in [3.8, 4) is 0 Å². The number of rotatable bonds is 3. The molecule has 0 unspecified atom stereocenters. The third kappa shape index (κ3) is 4.85. The molecule has 0 bridgehead atoms. The van der Waals surface area contributed by atoms with E-state index >= 15 is 0 Å². The van der Waals surface area contributed by atoms with Crippen LogP contribution in [-0.2, 0) is 27.9 Å². The molecule has 170 valence electrons. The Balaban J connectivity index is 1.70. The van der Waals surface area contributed by atoms with Crippen molar-refractivity contribution in [2.75, 3.05) is 26.2 Å². The molecule has 3 rings (SSSR count). The van der Waals surface area contributed by atoms with Gasteiger partial charge in [-0.2, -0.15) is 9.40 Å². The first-order valence-corrected chi connectivity index (χ1v) is 12.1. The fourth-order valence-corrected chi connectivity index (χ4v) is 5.03. The van der Waals surface area contributed by atoms with Gasteiger partial charge in [0.05, 0.1) is 10.6 Å². The average molecular weight is 447 g/mol. The Morgan fingerprint density at radius 2 is 1.45 bits per heavy atom. The van der Waals surface area contributed by atoms with Crippen molar-refractivity contribution in [3.63, 3.8) is 0 Å². The van der Waals surface area contributed by atoms with Crippen LogP contribution in [0.2, 0.25) is 0 Å². The van der Waals surface area contributed by atoms with Gasteiger partial charge in [0.25, 0.3) is 5.91 Å². The maximum atomic E-state index is 13.1. The smallest absolute Gasteiger partial charge is 0.272 e. The molecule has 31 heavy (non-hydrogen) atoms. The van der Waals surface area contributed by atoms with E-state index < -0.39 is 10.0 Å². The fourth-order valence-electron chi connectivity index (χ4n) is 3.60. The molecular formula is C23H34N4O3S. The highest BCUT2D eigenvalue weighted by Gasteiger charge is 2.32. The van der Waals surface area contributed by atoms with E-state index in [-0.39, 0.29) is 29.8 Å². The van der Waals surface area contributed by atoms with Gasteiger partial charge in [-0.05, 0) is 29.2 Å². The Labute approximate surface area is 186 Å². The molecule has 0 radical (unpaired) electrons. The largest absolute Gasteiger partial charge is 0.335 e. The lowest BCUT2D eigenvalue weighted by Gasteiger charge is -2.34. The van der Waals surface area contributed by atoms with Crippen LogP contribution in [0.5, 0.6) is 0 Å². The first kappa shape index (κ1) is 23.5. The zero-order valence-corrected chi connectivity index (χ0v) is 20.5. The lowest BCUT2D eigenvalue weighted by atomic mass is 9.87. The lowest BCUT2D eigenvalue weighted by Crippen LogP contribution is -2.50. The quantitative estimate of drug-likeness (QED) is 0.726. The Bertz CT molecular complexity index is 1050. The zero-order chi connectivity index (χ0) is 23.2. The molecule has 0 saturated carbocycles. The van der Waals surface area contributed by atoms with E-state index in [1.54, 1.807) is 28.8 Å². The van der Waals surface area contributed by atoms with E-state index in [0.29, 0.717) is 23.7 Å². The van der Waals surface area contributed by atoms with Crippen molar-refractivity contribution in [1.29, 1.82) is 0 Å². The molecule has 0 N–H and O–H groups in total. The molecule has 1 aromatic heterocycles. The van der Waals surface area contributed by atoms with Gasteiger partial charge in [0.1, 0.15) is 5.69 Å². The van der Waals surface area contributed by atoms with E-state index in [4.69, 9.17) is 0 Å². The van der Waals surface area contributed by atoms with Crippen LogP contribution in [0.3, 0.4) is 0 Å². The van der Waals surface area contributed by atoms with E-state index in [1.807, 2.05) is 18.2 Å². The molecule has 1 aromatic carbocycles. The number of hydrogen-bond donors (Lipinski definition) is 0. The topological polar surface area (TPSA) is 75.5 Å². The molecule has 1 aliphatic heterocycles. The zero-order valence-electron chi connectivity index (χ0n) is 19.6. The Morgan fingerprint density at radius 3 is 1.90 bits per heavy atom. The molecule has 7 nitrogen and oxygen atoms in total. The summed E-state index contributed by atoms with van der Waals surface area (Å²) in [5, 5.41) is 4.48. The summed E-state index contributed by atoms with van der Waals surface area (Å²) in [6.45, 7) is 13.7. The summed E-state index contributed by atoms with van der Waals surface area (Å²) in [6.07, 6.45) is 0. The predicted octanol–water partition coefficient (Wildman–Crippen LogP) is 3.16. The summed E-state index contributed by atoms with van der Waals surface area (Å²) >= 11 is 0. The van der Waals surface area contributed by atoms with Gasteiger partial charge in [-0.3, -0.25) is 9.48 Å². The van der Waals surface area contributed by atoms with E-state index in [9.17, 15) is 13.2 Å². The van der Waals surface area contributed by atoms with Crippen molar-refractivity contribution in [1.82, 2.24) is 19.0 Å². The number of carbonyl (C=O) groups is 1. The summed E-state index contributed by atoms with van der Waals surface area (Å²) in [7, 11) is -1.82. The molecular weight excluding hydrogens is 412 g/mol. The van der Waals surface area contributed by atoms with Gasteiger partial charge in [0.2, 0.25) is 10.0 Å². The van der Waals surface area contributed by atoms with Gasteiger partial charge < -0.3 is 4.90 Å². The van der Waals surface area contributed by atoms with Gasteiger partial charge in [-0.1, -0.05) is 53.7 Å². The lowest BCUT2D eigenvalue weighted by molar-refractivity contribution is 0.0687. The number of hydrogen-bond acceptors (Lipinski definition) is 4. The van der Waals surface area contributed by atoms with Crippen LogP contribution in [0.15, 0.2) is 35.2 Å². The summed E-state index contributed by atoms with van der Waals surface area (Å²) in [6, 6.07) is 8.94. The van der Waals surface area contributed by atoms with Crippen molar-refractivity contribution in [3.05, 3.63) is 47.3 Å². The minimum Gasteiger partial charge on any atom is -0.335 e. The fraction of sp³-hybridized carbons (Fsp3) is 0.565. The molecule has 0 atom stereocenters. The maximum Gasteiger partial charge on any atom is 0.272 e. The first-order valence-electron chi connectivity index (χ1n) is 10.7. The van der Waals surface area contributed by atoms with Crippen molar-refractivity contribution in [2.24, 2.45) is 7.05 Å². The van der Waals surface area contributed by atoms with Crippen LogP contribution in [0.25, 0.3) is 0 Å². The second-order valence-electron chi connectivity index (χ2n) is 10.3. The van der Waals surface area contributed by atoms with Crippen LogP contribution in [0, 0.1) is 0 Å². The highest BCUT2D eigenvalue weighted by molar-refractivity contribution is 7.89. The number of nitrogens with zero attached hydrogens (tertiary/aromatic N) is 4. The number of aromatic nitrogens is 2. The number of aryl methyl sites for hydroxylation is 1. The third-order valence-corrected chi connectivity index (χ3v) is 7.66. The monoisotopic (exact) mass is 446 g/mol. The third-order valence-electron chi connectivity index (χ3n) is 5.75. The normalized spacial score (nSPS) is 16.5. The van der Waals surface area contributed by atoms with Crippen LogP contribution >= 0.6 is 0 Å². The Kier molecular flexibility index (Phi) is 6.10. The van der Waals surface area contributed by atoms with Crippen molar-refractivity contribution in [2.45, 2.75) is 57.3 Å². The minimum atomic E-state index is -3.58. The highest BCUT2D eigenvalue weighted by Crippen LogP contribution is 2.26. The molecule has 8 heteroatoms. The molecule has 0 aliphatic carbocycles. The number of sulfonamides is 1. The standard InChI is InChI=1S/C23H34N4O3S/c1-22(2,3)17-8-10-18(11-9-17)31(29,30)27-14-12-26(13-15-27)21(28)19-16-20(23(4,5)6)24-25(19)7/h8-11,16H,12-15H2,1-7H3. The second-order valence-corrected chi connectivity index (χ2v) is 12.2. The van der Waals surface area contributed by atoms with E-state index in [2.05, 4.69) is 46.6 Å². The summed E-state index contributed by atoms with van der Waals surface area (Å²) in [5.74, 6) is -0.114. The predicted molar refractivity (Wildman–Crippen MR) is 122 cm³/mol. The molecule has 1 saturated heterocycles. The van der Waals surface area contributed by atoms with Crippen molar-refractivity contribution >= 4 is 15.9 Å². The van der Waals surface area contributed by atoms with Crippen LogP contribution in [0.1, 0.15) is 63.3 Å². The van der Waals surface area contributed by atoms with E-state index in [0.717, 1.165) is 11.3 Å². The summed E-state index contributed by atoms with van der Waals surface area (Å²) in [5.41, 5.74) is 2.29. The Hall–Kier alpha value is -2.19. The molecule has 1 fully saturated rings. The van der Waals surface area contributed by atoms with Crippen LogP contribution in [0.4, 0.5) is 0 Å². The molecule has 0 spiro atoms. The number of amides is 1. The SMILES string of the molecule is Cn1nc(C(C)(C)C)cc1C(=O)N1CCN(S(=O)(=O)c2ccc(C(C)(C)C)cc2)CC1. The van der Waals surface area contributed by atoms with Gasteiger partial charge in [-0.25, -0.2) is 8.42 Å².